The van der Waals surface area contributed by atoms with Crippen LogP contribution in [0, 0.1) is 5.82 Å². The third kappa shape index (κ3) is 2.68. The highest BCUT2D eigenvalue weighted by Crippen LogP contribution is 2.24. The molecule has 0 fully saturated rings. The summed E-state index contributed by atoms with van der Waals surface area (Å²) < 4.78 is 40.1. The van der Waals surface area contributed by atoms with E-state index in [9.17, 15) is 12.8 Å². The Bertz CT molecular complexity index is 676. The largest absolute Gasteiger partial charge is 0.282 e. The Morgan fingerprint density at radius 2 is 1.89 bits per heavy atom. The van der Waals surface area contributed by atoms with Gasteiger partial charge < -0.3 is 0 Å². The first-order valence-electron chi connectivity index (χ1n) is 4.88. The number of hydrogen-bond donors (Lipinski definition) is 1. The molecule has 2 rings (SSSR count). The summed E-state index contributed by atoms with van der Waals surface area (Å²) in [5.41, 5.74) is 0.322. The summed E-state index contributed by atoms with van der Waals surface area (Å²) in [5.74, 6) is -0.892. The lowest BCUT2D eigenvalue weighted by atomic mass is 10.3. The van der Waals surface area contributed by atoms with Gasteiger partial charge in [-0.2, -0.15) is 8.42 Å². The van der Waals surface area contributed by atoms with Gasteiger partial charge >= 0.3 is 0 Å². The van der Waals surface area contributed by atoms with E-state index in [-0.39, 0.29) is 0 Å². The van der Waals surface area contributed by atoms with Gasteiger partial charge in [0.25, 0.3) is 10.0 Å². The van der Waals surface area contributed by atoms with E-state index in [1.807, 2.05) is 0 Å². The fourth-order valence-electron chi connectivity index (χ4n) is 1.31. The van der Waals surface area contributed by atoms with Crippen molar-refractivity contribution in [3.8, 4) is 0 Å². The zero-order valence-electron chi connectivity index (χ0n) is 8.97. The average molecular weight is 331 g/mol. The molecule has 1 aromatic carbocycles. The third-order valence-corrected chi connectivity index (χ3v) is 4.09. The lowest BCUT2D eigenvalue weighted by molar-refractivity contribution is 0.557. The molecule has 0 aliphatic carbocycles. The van der Waals surface area contributed by atoms with Gasteiger partial charge in [-0.3, -0.25) is 4.72 Å². The molecule has 0 bridgehead atoms. The molecule has 0 unspecified atom stereocenters. The smallest absolute Gasteiger partial charge is 0.277 e. The first-order chi connectivity index (χ1) is 8.50. The van der Waals surface area contributed by atoms with E-state index in [1.165, 1.54) is 12.3 Å². The van der Waals surface area contributed by atoms with E-state index in [4.69, 9.17) is 0 Å². The lowest BCUT2D eigenvalue weighted by Gasteiger charge is -2.09. The van der Waals surface area contributed by atoms with Gasteiger partial charge in [-0.1, -0.05) is 12.1 Å². The Kier molecular flexibility index (Phi) is 3.63. The van der Waals surface area contributed by atoms with Crippen LogP contribution in [0.2, 0.25) is 0 Å². The molecule has 2 aromatic rings. The monoisotopic (exact) mass is 330 g/mol. The standard InChI is InChI=1S/C11H8BrFN2O2S/c12-8-4-1-2-6-10(8)15-18(16,17)11-9(13)5-3-7-14-11/h1-7,15H. The van der Waals surface area contributed by atoms with Gasteiger partial charge in [0.15, 0.2) is 5.82 Å². The molecule has 0 amide bonds. The highest BCUT2D eigenvalue weighted by atomic mass is 79.9. The molecule has 1 heterocycles. The fraction of sp³-hybridized carbons (Fsp3) is 0. The van der Waals surface area contributed by atoms with Gasteiger partial charge in [-0.15, -0.1) is 0 Å². The minimum atomic E-state index is -4.03. The topological polar surface area (TPSA) is 59.1 Å². The van der Waals surface area contributed by atoms with Crippen molar-refractivity contribution < 1.29 is 12.8 Å². The Balaban J connectivity index is 2.40. The molecule has 94 valence electrons. The van der Waals surface area contributed by atoms with E-state index < -0.39 is 20.9 Å². The maximum atomic E-state index is 13.4. The lowest BCUT2D eigenvalue weighted by Crippen LogP contribution is -2.16. The average Bonchev–Trinajstić information content (AvgIpc) is 2.32. The second-order valence-electron chi connectivity index (χ2n) is 3.38. The van der Waals surface area contributed by atoms with Crippen LogP contribution >= 0.6 is 15.9 Å². The summed E-state index contributed by atoms with van der Waals surface area (Å²) in [4.78, 5) is 3.54. The van der Waals surface area contributed by atoms with Gasteiger partial charge in [-0.05, 0) is 40.2 Å². The third-order valence-electron chi connectivity index (χ3n) is 2.10. The number of pyridine rings is 1. The summed E-state index contributed by atoms with van der Waals surface area (Å²) in [6, 6.07) is 9.00. The summed E-state index contributed by atoms with van der Waals surface area (Å²) in [6.45, 7) is 0. The van der Waals surface area contributed by atoms with Crippen molar-refractivity contribution in [1.82, 2.24) is 4.98 Å². The van der Waals surface area contributed by atoms with Crippen LogP contribution in [0.15, 0.2) is 52.1 Å². The Labute approximate surface area is 112 Å². The molecule has 1 N–H and O–H groups in total. The molecular formula is C11H8BrFN2O2S. The van der Waals surface area contributed by atoms with Crippen LogP contribution in [-0.2, 0) is 10.0 Å². The maximum absolute atomic E-state index is 13.4. The van der Waals surface area contributed by atoms with Gasteiger partial charge in [0.2, 0.25) is 5.03 Å². The van der Waals surface area contributed by atoms with Gasteiger partial charge in [0.05, 0.1) is 5.69 Å². The zero-order valence-corrected chi connectivity index (χ0v) is 11.4. The Morgan fingerprint density at radius 3 is 2.56 bits per heavy atom. The van der Waals surface area contributed by atoms with Crippen LogP contribution in [0.3, 0.4) is 0 Å². The van der Waals surface area contributed by atoms with E-state index in [0.717, 1.165) is 6.07 Å². The van der Waals surface area contributed by atoms with Crippen molar-refractivity contribution in [3.05, 3.63) is 52.9 Å². The number of para-hydroxylation sites is 1. The van der Waals surface area contributed by atoms with Crippen LogP contribution in [0.1, 0.15) is 0 Å². The number of aromatic nitrogens is 1. The van der Waals surface area contributed by atoms with E-state index in [1.54, 1.807) is 24.3 Å². The van der Waals surface area contributed by atoms with E-state index >= 15 is 0 Å². The molecule has 1 aromatic heterocycles. The summed E-state index contributed by atoms with van der Waals surface area (Å²) in [7, 11) is -4.03. The van der Waals surface area contributed by atoms with Gasteiger partial charge in [0.1, 0.15) is 0 Å². The predicted octanol–water partition coefficient (Wildman–Crippen LogP) is 2.78. The number of sulfonamides is 1. The van der Waals surface area contributed by atoms with Crippen LogP contribution < -0.4 is 4.72 Å². The quantitative estimate of drug-likeness (QED) is 0.941. The molecule has 4 nitrogen and oxygen atoms in total. The number of anilines is 1. The molecular weight excluding hydrogens is 323 g/mol. The van der Waals surface area contributed by atoms with E-state index in [0.29, 0.717) is 10.2 Å². The molecule has 0 aliphatic heterocycles. The highest BCUT2D eigenvalue weighted by molar-refractivity contribution is 9.10. The number of nitrogens with one attached hydrogen (secondary N) is 1. The van der Waals surface area contributed by atoms with Gasteiger partial charge in [-0.25, -0.2) is 9.37 Å². The molecule has 0 radical (unpaired) electrons. The molecule has 0 spiro atoms. The van der Waals surface area contributed by atoms with Gasteiger partial charge in [0, 0.05) is 10.7 Å². The Hall–Kier alpha value is -1.47. The van der Waals surface area contributed by atoms with Crippen molar-refractivity contribution >= 4 is 31.6 Å². The minimum Gasteiger partial charge on any atom is -0.277 e. The van der Waals surface area contributed by atoms with E-state index in [2.05, 4.69) is 25.6 Å². The molecule has 0 saturated carbocycles. The summed E-state index contributed by atoms with van der Waals surface area (Å²) >= 11 is 3.20. The number of nitrogens with zero attached hydrogens (tertiary/aromatic N) is 1. The predicted molar refractivity (Wildman–Crippen MR) is 69.1 cm³/mol. The minimum absolute atomic E-state index is 0.322. The molecule has 18 heavy (non-hydrogen) atoms. The highest BCUT2D eigenvalue weighted by Gasteiger charge is 2.21. The SMILES string of the molecule is O=S(=O)(Nc1ccccc1Br)c1ncccc1F. The first-order valence-corrected chi connectivity index (χ1v) is 7.16. The van der Waals surface area contributed by atoms with Crippen LogP contribution in [-0.4, -0.2) is 13.4 Å². The van der Waals surface area contributed by atoms with Crippen molar-refractivity contribution in [2.24, 2.45) is 0 Å². The molecule has 0 atom stereocenters. The first kappa shape index (κ1) is 13.0. The van der Waals surface area contributed by atoms with Crippen LogP contribution in [0.25, 0.3) is 0 Å². The number of rotatable bonds is 3. The summed E-state index contributed by atoms with van der Waals surface area (Å²) in [6.07, 6.45) is 1.22. The van der Waals surface area contributed by atoms with Crippen LogP contribution in [0.5, 0.6) is 0 Å². The summed E-state index contributed by atoms with van der Waals surface area (Å²) in [5, 5.41) is -0.624. The molecule has 7 heteroatoms. The van der Waals surface area contributed by atoms with Crippen molar-refractivity contribution in [2.75, 3.05) is 4.72 Å². The Morgan fingerprint density at radius 1 is 1.17 bits per heavy atom. The number of hydrogen-bond acceptors (Lipinski definition) is 3. The zero-order chi connectivity index (χ0) is 13.2. The maximum Gasteiger partial charge on any atom is 0.282 e. The van der Waals surface area contributed by atoms with Crippen molar-refractivity contribution in [2.45, 2.75) is 5.03 Å². The second-order valence-corrected chi connectivity index (χ2v) is 5.83. The second kappa shape index (κ2) is 5.03. The van der Waals surface area contributed by atoms with Crippen molar-refractivity contribution in [3.63, 3.8) is 0 Å². The van der Waals surface area contributed by atoms with Crippen molar-refractivity contribution in [1.29, 1.82) is 0 Å². The molecule has 0 aliphatic rings. The normalized spacial score (nSPS) is 11.2. The molecule has 0 saturated heterocycles. The fourth-order valence-corrected chi connectivity index (χ4v) is 2.91. The van der Waals surface area contributed by atoms with Crippen LogP contribution in [0.4, 0.5) is 10.1 Å². The number of halogens is 2. The number of benzene rings is 1.